The molecule has 0 fully saturated rings. The zero-order valence-electron chi connectivity index (χ0n) is 8.62. The lowest BCUT2D eigenvalue weighted by molar-refractivity contribution is 0.105. The van der Waals surface area contributed by atoms with Gasteiger partial charge in [-0.1, -0.05) is 6.07 Å². The Morgan fingerprint density at radius 2 is 2.00 bits per heavy atom. The number of aliphatic hydroxyl groups is 2. The molecule has 1 rings (SSSR count). The highest BCUT2D eigenvalue weighted by atomic mass is 16.3. The van der Waals surface area contributed by atoms with E-state index in [9.17, 15) is 0 Å². The van der Waals surface area contributed by atoms with Crippen LogP contribution in [0.25, 0.3) is 0 Å². The molecule has 0 radical (unpaired) electrons. The Bertz CT molecular complexity index is 299. The van der Waals surface area contributed by atoms with Crippen LogP contribution in [0, 0.1) is 13.8 Å². The first-order valence-corrected chi connectivity index (χ1v) is 4.73. The van der Waals surface area contributed by atoms with Gasteiger partial charge < -0.3 is 15.5 Å². The van der Waals surface area contributed by atoms with Crippen LogP contribution in [0.15, 0.2) is 18.2 Å². The summed E-state index contributed by atoms with van der Waals surface area (Å²) in [6.07, 6.45) is -0.698. The van der Waals surface area contributed by atoms with Gasteiger partial charge in [-0.05, 0) is 37.1 Å². The topological polar surface area (TPSA) is 52.5 Å². The largest absolute Gasteiger partial charge is 0.394 e. The molecule has 3 nitrogen and oxygen atoms in total. The lowest BCUT2D eigenvalue weighted by atomic mass is 10.1. The number of anilines is 1. The van der Waals surface area contributed by atoms with Crippen LogP contribution < -0.4 is 5.32 Å². The van der Waals surface area contributed by atoms with Gasteiger partial charge in [-0.3, -0.25) is 0 Å². The second-order valence-corrected chi connectivity index (χ2v) is 3.52. The summed E-state index contributed by atoms with van der Waals surface area (Å²) in [6.45, 7) is 4.27. The van der Waals surface area contributed by atoms with Crippen LogP contribution in [0.4, 0.5) is 5.69 Å². The van der Waals surface area contributed by atoms with E-state index in [0.717, 1.165) is 5.69 Å². The van der Waals surface area contributed by atoms with Gasteiger partial charge in [0.25, 0.3) is 0 Å². The van der Waals surface area contributed by atoms with Crippen molar-refractivity contribution in [2.45, 2.75) is 20.0 Å². The van der Waals surface area contributed by atoms with Crippen LogP contribution >= 0.6 is 0 Å². The summed E-state index contributed by atoms with van der Waals surface area (Å²) in [4.78, 5) is 0. The Morgan fingerprint density at radius 1 is 1.29 bits per heavy atom. The zero-order chi connectivity index (χ0) is 10.6. The molecule has 0 aliphatic rings. The molecule has 0 bridgehead atoms. The van der Waals surface area contributed by atoms with Crippen LogP contribution in [-0.4, -0.2) is 29.5 Å². The SMILES string of the molecule is Cc1ccc(NCC(O)CO)cc1C. The van der Waals surface area contributed by atoms with E-state index in [2.05, 4.69) is 12.2 Å². The minimum absolute atomic E-state index is 0.210. The third kappa shape index (κ3) is 3.01. The highest BCUT2D eigenvalue weighted by Gasteiger charge is 2.01. The monoisotopic (exact) mass is 195 g/mol. The molecular formula is C11H17NO2. The second-order valence-electron chi connectivity index (χ2n) is 3.52. The van der Waals surface area contributed by atoms with Gasteiger partial charge in [-0.15, -0.1) is 0 Å². The maximum Gasteiger partial charge on any atom is 0.0942 e. The van der Waals surface area contributed by atoms with Gasteiger partial charge in [0.1, 0.15) is 0 Å². The van der Waals surface area contributed by atoms with Gasteiger partial charge in [0.05, 0.1) is 12.7 Å². The predicted molar refractivity (Wildman–Crippen MR) is 57.5 cm³/mol. The van der Waals surface area contributed by atoms with E-state index < -0.39 is 6.10 Å². The molecular weight excluding hydrogens is 178 g/mol. The molecule has 0 aliphatic heterocycles. The summed E-state index contributed by atoms with van der Waals surface area (Å²) in [6, 6.07) is 6.02. The van der Waals surface area contributed by atoms with Crippen molar-refractivity contribution < 1.29 is 10.2 Å². The number of rotatable bonds is 4. The first-order valence-electron chi connectivity index (χ1n) is 4.73. The number of nitrogens with one attached hydrogen (secondary N) is 1. The molecule has 0 aromatic heterocycles. The van der Waals surface area contributed by atoms with Crippen molar-refractivity contribution in [2.24, 2.45) is 0 Å². The van der Waals surface area contributed by atoms with E-state index in [1.165, 1.54) is 11.1 Å². The fourth-order valence-corrected chi connectivity index (χ4v) is 1.15. The van der Waals surface area contributed by atoms with Crippen LogP contribution in [0.3, 0.4) is 0 Å². The number of hydrogen-bond acceptors (Lipinski definition) is 3. The van der Waals surface area contributed by atoms with E-state index in [1.807, 2.05) is 25.1 Å². The Labute approximate surface area is 84.4 Å². The zero-order valence-corrected chi connectivity index (χ0v) is 8.62. The molecule has 0 heterocycles. The third-order valence-corrected chi connectivity index (χ3v) is 2.26. The normalized spacial score (nSPS) is 12.6. The smallest absolute Gasteiger partial charge is 0.0942 e. The molecule has 3 heteroatoms. The lowest BCUT2D eigenvalue weighted by Crippen LogP contribution is -2.22. The molecule has 1 aromatic rings. The van der Waals surface area contributed by atoms with Crippen molar-refractivity contribution in [3.05, 3.63) is 29.3 Å². The molecule has 0 amide bonds. The summed E-state index contributed by atoms with van der Waals surface area (Å²) in [5.41, 5.74) is 3.44. The first kappa shape index (κ1) is 11.0. The van der Waals surface area contributed by atoms with E-state index in [4.69, 9.17) is 10.2 Å². The van der Waals surface area contributed by atoms with Crippen LogP contribution in [0.2, 0.25) is 0 Å². The standard InChI is InChI=1S/C11H17NO2/c1-8-3-4-10(5-9(8)2)12-6-11(14)7-13/h3-5,11-14H,6-7H2,1-2H3. The van der Waals surface area contributed by atoms with E-state index in [-0.39, 0.29) is 6.61 Å². The average Bonchev–Trinajstić information content (AvgIpc) is 2.19. The van der Waals surface area contributed by atoms with Gasteiger partial charge in [-0.2, -0.15) is 0 Å². The van der Waals surface area contributed by atoms with Crippen molar-refractivity contribution in [1.29, 1.82) is 0 Å². The van der Waals surface area contributed by atoms with Crippen LogP contribution in [0.5, 0.6) is 0 Å². The fraction of sp³-hybridized carbons (Fsp3) is 0.455. The van der Waals surface area contributed by atoms with Crippen molar-refractivity contribution >= 4 is 5.69 Å². The summed E-state index contributed by atoms with van der Waals surface area (Å²) < 4.78 is 0. The lowest BCUT2D eigenvalue weighted by Gasteiger charge is -2.11. The average molecular weight is 195 g/mol. The molecule has 1 aromatic carbocycles. The van der Waals surface area contributed by atoms with Gasteiger partial charge in [0.2, 0.25) is 0 Å². The molecule has 0 aliphatic carbocycles. The summed E-state index contributed by atoms with van der Waals surface area (Å²) in [5.74, 6) is 0. The van der Waals surface area contributed by atoms with Crippen LogP contribution in [0.1, 0.15) is 11.1 Å². The highest BCUT2D eigenvalue weighted by Crippen LogP contribution is 2.13. The second kappa shape index (κ2) is 4.98. The minimum atomic E-state index is -0.698. The Morgan fingerprint density at radius 3 is 2.57 bits per heavy atom. The van der Waals surface area contributed by atoms with Gasteiger partial charge in [0.15, 0.2) is 0 Å². The van der Waals surface area contributed by atoms with E-state index >= 15 is 0 Å². The third-order valence-electron chi connectivity index (χ3n) is 2.26. The fourth-order valence-electron chi connectivity index (χ4n) is 1.15. The maximum absolute atomic E-state index is 9.13. The van der Waals surface area contributed by atoms with Crippen molar-refractivity contribution in [3.63, 3.8) is 0 Å². The maximum atomic E-state index is 9.13. The van der Waals surface area contributed by atoms with Crippen molar-refractivity contribution in [3.8, 4) is 0 Å². The molecule has 0 saturated heterocycles. The Hall–Kier alpha value is -1.06. The molecule has 0 saturated carbocycles. The molecule has 78 valence electrons. The van der Waals surface area contributed by atoms with E-state index in [1.54, 1.807) is 0 Å². The Balaban J connectivity index is 2.55. The van der Waals surface area contributed by atoms with Gasteiger partial charge >= 0.3 is 0 Å². The summed E-state index contributed by atoms with van der Waals surface area (Å²) in [5, 5.41) is 20.8. The van der Waals surface area contributed by atoms with Gasteiger partial charge in [0, 0.05) is 12.2 Å². The number of aryl methyl sites for hydroxylation is 2. The predicted octanol–water partition coefficient (Wildman–Crippen LogP) is 1.07. The molecule has 3 N–H and O–H groups in total. The van der Waals surface area contributed by atoms with E-state index in [0.29, 0.717) is 6.54 Å². The number of hydrogen-bond donors (Lipinski definition) is 3. The molecule has 1 atom stereocenters. The summed E-state index contributed by atoms with van der Waals surface area (Å²) >= 11 is 0. The van der Waals surface area contributed by atoms with Crippen molar-refractivity contribution in [2.75, 3.05) is 18.5 Å². The molecule has 0 spiro atoms. The first-order chi connectivity index (χ1) is 6.63. The summed E-state index contributed by atoms with van der Waals surface area (Å²) in [7, 11) is 0. The Kier molecular flexibility index (Phi) is 3.92. The number of aliphatic hydroxyl groups excluding tert-OH is 2. The van der Waals surface area contributed by atoms with Crippen molar-refractivity contribution in [1.82, 2.24) is 0 Å². The number of benzene rings is 1. The molecule has 14 heavy (non-hydrogen) atoms. The highest BCUT2D eigenvalue weighted by molar-refractivity contribution is 5.48. The minimum Gasteiger partial charge on any atom is -0.394 e. The van der Waals surface area contributed by atoms with Gasteiger partial charge in [-0.25, -0.2) is 0 Å². The quantitative estimate of drug-likeness (QED) is 0.673. The van der Waals surface area contributed by atoms with Crippen LogP contribution in [-0.2, 0) is 0 Å². The molecule has 1 unspecified atom stereocenters.